The van der Waals surface area contributed by atoms with Crippen LogP contribution in [0.25, 0.3) is 0 Å². The van der Waals surface area contributed by atoms with Crippen molar-refractivity contribution in [2.75, 3.05) is 0 Å². The van der Waals surface area contributed by atoms with E-state index in [1.165, 1.54) is 0 Å². The van der Waals surface area contributed by atoms with Gasteiger partial charge in [-0.25, -0.2) is 0 Å². The molecular formula is C4H6NO4-. The Labute approximate surface area is 51.0 Å². The van der Waals surface area contributed by atoms with Crippen LogP contribution in [0.4, 0.5) is 0 Å². The molecule has 9 heavy (non-hydrogen) atoms. The Morgan fingerprint density at radius 2 is 2.33 bits per heavy atom. The van der Waals surface area contributed by atoms with Gasteiger partial charge in [0.15, 0.2) is 0 Å². The number of carbonyl (C=O) groups is 1. The van der Waals surface area contributed by atoms with E-state index < -0.39 is 17.9 Å². The van der Waals surface area contributed by atoms with Gasteiger partial charge in [0.1, 0.15) is 0 Å². The maximum atomic E-state index is 10.00. The molecule has 0 aromatic carbocycles. The second-order valence-corrected chi connectivity index (χ2v) is 2.05. The summed E-state index contributed by atoms with van der Waals surface area (Å²) in [6, 6.07) is -0.706. The molecule has 0 aromatic heterocycles. The highest BCUT2D eigenvalue weighted by Gasteiger charge is 2.44. The summed E-state index contributed by atoms with van der Waals surface area (Å²) in [5.74, 6) is -1.68. The third kappa shape index (κ3) is 1.18. The fourth-order valence-electron chi connectivity index (χ4n) is 0.691. The van der Waals surface area contributed by atoms with Crippen molar-refractivity contribution in [3.63, 3.8) is 0 Å². The summed E-state index contributed by atoms with van der Waals surface area (Å²) in [7, 11) is 0. The van der Waals surface area contributed by atoms with Crippen LogP contribution in [0.1, 0.15) is 6.42 Å². The van der Waals surface area contributed by atoms with E-state index in [1.54, 1.807) is 0 Å². The van der Waals surface area contributed by atoms with Gasteiger partial charge in [-0.3, -0.25) is 10.0 Å². The zero-order valence-electron chi connectivity index (χ0n) is 4.52. The molecule has 0 bridgehead atoms. The van der Waals surface area contributed by atoms with E-state index in [-0.39, 0.29) is 11.6 Å². The Hall–Kier alpha value is -0.650. The molecule has 2 atom stereocenters. The highest BCUT2D eigenvalue weighted by Crippen LogP contribution is 2.34. The van der Waals surface area contributed by atoms with E-state index in [4.69, 9.17) is 10.3 Å². The molecule has 0 heterocycles. The predicted octanol–water partition coefficient (Wildman–Crippen LogP) is -0.351. The maximum Gasteiger partial charge on any atom is 0.308 e. The van der Waals surface area contributed by atoms with Crippen molar-refractivity contribution in [3.05, 3.63) is 5.21 Å². The van der Waals surface area contributed by atoms with Crippen LogP contribution in [0, 0.1) is 11.1 Å². The summed E-state index contributed by atoms with van der Waals surface area (Å²) >= 11 is 0. The Balaban J connectivity index is 2.33. The highest BCUT2D eigenvalue weighted by molar-refractivity contribution is 5.74. The number of hydroxylamine groups is 2. The van der Waals surface area contributed by atoms with Gasteiger partial charge in [0.2, 0.25) is 0 Å². The predicted molar refractivity (Wildman–Crippen MR) is 26.5 cm³/mol. The second-order valence-electron chi connectivity index (χ2n) is 2.05. The Bertz CT molecular complexity index is 135. The van der Waals surface area contributed by atoms with E-state index in [0.717, 1.165) is 0 Å². The fraction of sp³-hybridized carbons (Fsp3) is 0.750. The van der Waals surface area contributed by atoms with Gasteiger partial charge in [0, 0.05) is 6.04 Å². The fourth-order valence-corrected chi connectivity index (χ4v) is 0.691. The molecule has 1 aliphatic carbocycles. The zero-order valence-corrected chi connectivity index (χ0v) is 4.52. The molecule has 0 radical (unpaired) electrons. The lowest BCUT2D eigenvalue weighted by Crippen LogP contribution is -2.17. The summed E-state index contributed by atoms with van der Waals surface area (Å²) in [6.07, 6.45) is 0.259. The van der Waals surface area contributed by atoms with Crippen LogP contribution in [0.15, 0.2) is 0 Å². The first-order chi connectivity index (χ1) is 4.13. The SMILES string of the molecule is O=C(O)[C@@H]1C[C@H]1N([O-])O. The van der Waals surface area contributed by atoms with Crippen LogP contribution < -0.4 is 0 Å². The minimum Gasteiger partial charge on any atom is -0.762 e. The topological polar surface area (TPSA) is 83.8 Å². The molecule has 0 aromatic rings. The van der Waals surface area contributed by atoms with Gasteiger partial charge in [0.25, 0.3) is 0 Å². The number of carboxylic acids is 1. The molecule has 0 spiro atoms. The van der Waals surface area contributed by atoms with Crippen molar-refractivity contribution in [3.8, 4) is 0 Å². The van der Waals surface area contributed by atoms with E-state index >= 15 is 0 Å². The van der Waals surface area contributed by atoms with Gasteiger partial charge < -0.3 is 15.5 Å². The largest absolute Gasteiger partial charge is 0.762 e. The summed E-state index contributed by atoms with van der Waals surface area (Å²) in [5, 5.41) is 26.0. The first-order valence-corrected chi connectivity index (χ1v) is 2.51. The molecule has 5 heteroatoms. The quantitative estimate of drug-likeness (QED) is 0.501. The molecule has 1 fully saturated rings. The van der Waals surface area contributed by atoms with Crippen LogP contribution in [-0.4, -0.2) is 27.6 Å². The first-order valence-electron chi connectivity index (χ1n) is 2.51. The molecule has 52 valence electrons. The average Bonchev–Trinajstić information content (AvgIpc) is 2.39. The molecule has 0 amide bonds. The average molecular weight is 132 g/mol. The maximum absolute atomic E-state index is 10.00. The van der Waals surface area contributed by atoms with Crippen molar-refractivity contribution in [2.24, 2.45) is 5.92 Å². The third-order valence-corrected chi connectivity index (χ3v) is 1.36. The molecule has 1 rings (SSSR count). The van der Waals surface area contributed by atoms with Gasteiger partial charge in [-0.05, 0) is 6.42 Å². The van der Waals surface area contributed by atoms with Crippen LogP contribution in [0.2, 0.25) is 0 Å². The zero-order chi connectivity index (χ0) is 7.02. The van der Waals surface area contributed by atoms with Crippen molar-refractivity contribution < 1.29 is 15.1 Å². The summed E-state index contributed by atoms with van der Waals surface area (Å²) in [5.41, 5.74) is 0. The minimum atomic E-state index is -1.02. The van der Waals surface area contributed by atoms with Gasteiger partial charge in [0.05, 0.1) is 5.92 Å². The van der Waals surface area contributed by atoms with Gasteiger partial charge >= 0.3 is 5.97 Å². The third-order valence-electron chi connectivity index (χ3n) is 1.36. The smallest absolute Gasteiger partial charge is 0.308 e. The van der Waals surface area contributed by atoms with Crippen LogP contribution >= 0.6 is 0 Å². The number of nitrogens with zero attached hydrogens (tertiary/aromatic N) is 1. The van der Waals surface area contributed by atoms with Crippen molar-refractivity contribution in [2.45, 2.75) is 12.5 Å². The molecule has 0 unspecified atom stereocenters. The van der Waals surface area contributed by atoms with Crippen LogP contribution in [0.3, 0.4) is 0 Å². The van der Waals surface area contributed by atoms with Crippen molar-refractivity contribution >= 4 is 5.97 Å². The van der Waals surface area contributed by atoms with E-state index in [1.807, 2.05) is 0 Å². The lowest BCUT2D eigenvalue weighted by atomic mass is 10.4. The Morgan fingerprint density at radius 1 is 1.78 bits per heavy atom. The molecule has 5 nitrogen and oxygen atoms in total. The molecular weight excluding hydrogens is 126 g/mol. The van der Waals surface area contributed by atoms with Gasteiger partial charge in [-0.2, -0.15) is 0 Å². The normalized spacial score (nSPS) is 32.8. The lowest BCUT2D eigenvalue weighted by Gasteiger charge is -2.17. The molecule has 1 saturated carbocycles. The molecule has 1 aliphatic rings. The molecule has 0 aliphatic heterocycles. The van der Waals surface area contributed by atoms with E-state index in [0.29, 0.717) is 0 Å². The van der Waals surface area contributed by atoms with Gasteiger partial charge in [-0.15, -0.1) is 0 Å². The Morgan fingerprint density at radius 3 is 2.44 bits per heavy atom. The van der Waals surface area contributed by atoms with Gasteiger partial charge in [-0.1, -0.05) is 0 Å². The number of hydrogen-bond donors (Lipinski definition) is 2. The van der Waals surface area contributed by atoms with Crippen LogP contribution in [0.5, 0.6) is 0 Å². The van der Waals surface area contributed by atoms with Crippen molar-refractivity contribution in [1.29, 1.82) is 0 Å². The monoisotopic (exact) mass is 132 g/mol. The lowest BCUT2D eigenvalue weighted by molar-refractivity contribution is -0.140. The summed E-state index contributed by atoms with van der Waals surface area (Å²) < 4.78 is 0. The number of rotatable bonds is 2. The highest BCUT2D eigenvalue weighted by atomic mass is 16.8. The first kappa shape index (κ1) is 6.47. The summed E-state index contributed by atoms with van der Waals surface area (Å²) in [6.45, 7) is 0. The number of aliphatic carboxylic acids is 1. The molecule has 2 N–H and O–H groups in total. The minimum absolute atomic E-state index is 0.259. The molecule has 0 saturated heterocycles. The van der Waals surface area contributed by atoms with Crippen LogP contribution in [-0.2, 0) is 4.79 Å². The number of carboxylic acid groups (broad SMARTS) is 1. The summed E-state index contributed by atoms with van der Waals surface area (Å²) in [4.78, 5) is 10.00. The number of hydrogen-bond acceptors (Lipinski definition) is 4. The van der Waals surface area contributed by atoms with Crippen molar-refractivity contribution in [1.82, 2.24) is 5.23 Å². The standard InChI is InChI=1S/C4H6NO4/c6-4(7)2-1-3(2)5(8)9/h2-3,8H,1H2,(H,6,7)/q-1/t2-,3-/m1/s1. The second kappa shape index (κ2) is 1.94. The Kier molecular flexibility index (Phi) is 1.40. The van der Waals surface area contributed by atoms with E-state index in [9.17, 15) is 10.0 Å². The van der Waals surface area contributed by atoms with E-state index in [2.05, 4.69) is 0 Å².